The fraction of sp³-hybridized carbons (Fsp3) is 0.521. The van der Waals surface area contributed by atoms with Crippen molar-refractivity contribution in [3.05, 3.63) is 76.5 Å². The standard InChI is InChI=1S/C48H64ClF2N9O8/c1-11-31(16-18-57(29-39(61)67-47(3,4)5)19-17-52-46(65)68-48(6,7)8)44(63)58-20-22-59(23-21-58)45(64)34-13-12-32(26-37(34)49)54-43(62)42-53-27-38(56(42)9)35-15-14-33(40(50)41(35)51)36-28-60(24-25-66-10)55-30(36)2/h12-15,26-28,31H,11,16-25,29H2,1-10H3,(H,52,65)(H,54,62)/p+1. The number of nitrogens with one attached hydrogen (secondary N) is 3. The summed E-state index contributed by atoms with van der Waals surface area (Å²) in [6, 6.07) is 7.37. The van der Waals surface area contributed by atoms with E-state index < -0.39 is 34.8 Å². The molecule has 0 saturated carbocycles. The van der Waals surface area contributed by atoms with Crippen LogP contribution in [0, 0.1) is 24.5 Å². The van der Waals surface area contributed by atoms with Crippen molar-refractivity contribution < 1.29 is 51.9 Å². The van der Waals surface area contributed by atoms with Crippen LogP contribution < -0.4 is 15.5 Å². The van der Waals surface area contributed by atoms with Crippen molar-refractivity contribution in [2.75, 3.05) is 71.4 Å². The number of benzene rings is 2. The molecule has 20 heteroatoms. The molecule has 0 spiro atoms. The molecule has 68 heavy (non-hydrogen) atoms. The van der Waals surface area contributed by atoms with Crippen LogP contribution in [0.4, 0.5) is 19.3 Å². The van der Waals surface area contributed by atoms with Crippen molar-refractivity contribution >= 4 is 47.1 Å². The Bertz CT molecular complexity index is 2450. The molecule has 0 bridgehead atoms. The van der Waals surface area contributed by atoms with Gasteiger partial charge in [-0.3, -0.25) is 19.1 Å². The maximum atomic E-state index is 15.6. The van der Waals surface area contributed by atoms with Gasteiger partial charge in [0.1, 0.15) is 11.2 Å². The number of piperazine rings is 1. The molecule has 17 nitrogen and oxygen atoms in total. The topological polar surface area (TPSA) is 184 Å². The molecular weight excluding hydrogens is 904 g/mol. The highest BCUT2D eigenvalue weighted by atomic mass is 35.5. The number of carbonyl (C=O) groups excluding carboxylic acids is 5. The number of aromatic nitrogens is 4. The van der Waals surface area contributed by atoms with Gasteiger partial charge < -0.3 is 44.1 Å². The van der Waals surface area contributed by atoms with Crippen molar-refractivity contribution in [3.8, 4) is 22.4 Å². The first kappa shape index (κ1) is 53.0. The lowest BCUT2D eigenvalue weighted by molar-refractivity contribution is -0.892. The smallest absolute Gasteiger partial charge is 0.407 e. The van der Waals surface area contributed by atoms with E-state index >= 15 is 8.78 Å². The van der Waals surface area contributed by atoms with E-state index in [9.17, 15) is 24.0 Å². The summed E-state index contributed by atoms with van der Waals surface area (Å²) in [4.78, 5) is 74.3. The number of rotatable bonds is 18. The molecule has 2 aromatic carbocycles. The first-order chi connectivity index (χ1) is 32.0. The number of alkyl carbamates (subject to hydrolysis) is 1. The minimum atomic E-state index is -1.10. The van der Waals surface area contributed by atoms with Crippen LogP contribution >= 0.6 is 11.6 Å². The number of nitrogens with zero attached hydrogens (tertiary/aromatic N) is 6. The third-order valence-corrected chi connectivity index (χ3v) is 11.6. The van der Waals surface area contributed by atoms with Gasteiger partial charge >= 0.3 is 12.1 Å². The first-order valence-corrected chi connectivity index (χ1v) is 23.1. The summed E-state index contributed by atoms with van der Waals surface area (Å²) in [6.07, 6.45) is 3.44. The van der Waals surface area contributed by atoms with Crippen LogP contribution in [-0.4, -0.2) is 136 Å². The number of methoxy groups -OCH3 is 1. The summed E-state index contributed by atoms with van der Waals surface area (Å²) in [7, 11) is 3.07. The largest absolute Gasteiger partial charge is 0.456 e. The van der Waals surface area contributed by atoms with Gasteiger partial charge in [-0.15, -0.1) is 0 Å². The third-order valence-electron chi connectivity index (χ3n) is 11.3. The van der Waals surface area contributed by atoms with Gasteiger partial charge in [0.2, 0.25) is 5.91 Å². The van der Waals surface area contributed by atoms with E-state index in [1.165, 1.54) is 48.1 Å². The number of amides is 4. The first-order valence-electron chi connectivity index (χ1n) is 22.7. The third kappa shape index (κ3) is 14.1. The number of halogens is 3. The minimum absolute atomic E-state index is 0.0372. The molecule has 2 unspecified atom stereocenters. The SMILES string of the molecule is CCC(CC[NH+](CCNC(=O)OC(C)(C)C)CC(=O)OC(C)(C)C)C(=O)N1CCN(C(=O)c2ccc(NC(=O)c3ncc(-c4ccc(-c5cn(CCOC)nc5C)c(F)c4F)n3C)cc2Cl)CC1. The summed E-state index contributed by atoms with van der Waals surface area (Å²) in [6.45, 7) is 17.6. The molecule has 1 saturated heterocycles. The lowest BCUT2D eigenvalue weighted by Crippen LogP contribution is -3.13. The molecule has 3 heterocycles. The maximum Gasteiger partial charge on any atom is 0.407 e. The Balaban J connectivity index is 1.16. The van der Waals surface area contributed by atoms with Gasteiger partial charge in [-0.25, -0.2) is 23.4 Å². The summed E-state index contributed by atoms with van der Waals surface area (Å²) >= 11 is 6.62. The Morgan fingerprint density at radius 3 is 2.18 bits per heavy atom. The molecule has 2 aromatic heterocycles. The fourth-order valence-corrected chi connectivity index (χ4v) is 8.10. The quantitative estimate of drug-likeness (QED) is 0.107. The van der Waals surface area contributed by atoms with Gasteiger partial charge in [0.15, 0.2) is 24.0 Å². The van der Waals surface area contributed by atoms with E-state index in [2.05, 4.69) is 20.7 Å². The van der Waals surface area contributed by atoms with Crippen molar-refractivity contribution in [2.24, 2.45) is 13.0 Å². The van der Waals surface area contributed by atoms with E-state index in [4.69, 9.17) is 25.8 Å². The predicted octanol–water partition coefficient (Wildman–Crippen LogP) is 5.54. The Labute approximate surface area is 401 Å². The van der Waals surface area contributed by atoms with E-state index in [0.29, 0.717) is 63.4 Å². The average molecular weight is 970 g/mol. The van der Waals surface area contributed by atoms with Crippen LogP contribution in [0.2, 0.25) is 5.02 Å². The van der Waals surface area contributed by atoms with Gasteiger partial charge in [-0.05, 0) is 79.2 Å². The molecule has 1 aliphatic heterocycles. The van der Waals surface area contributed by atoms with E-state index in [1.54, 1.807) is 76.3 Å². The molecule has 4 amide bonds. The van der Waals surface area contributed by atoms with E-state index in [0.717, 1.165) is 4.90 Å². The Morgan fingerprint density at radius 2 is 1.54 bits per heavy atom. The van der Waals surface area contributed by atoms with Crippen LogP contribution in [0.3, 0.4) is 0 Å². The molecule has 1 aliphatic rings. The zero-order valence-corrected chi connectivity index (χ0v) is 41.4. The number of carbonyl (C=O) groups is 5. The monoisotopic (exact) mass is 968 g/mol. The second-order valence-electron chi connectivity index (χ2n) is 18.8. The fourth-order valence-electron chi connectivity index (χ4n) is 7.84. The highest BCUT2D eigenvalue weighted by Crippen LogP contribution is 2.33. The van der Waals surface area contributed by atoms with Gasteiger partial charge in [0.25, 0.3) is 11.8 Å². The number of imidazole rings is 1. The normalized spacial score (nSPS) is 14.1. The van der Waals surface area contributed by atoms with E-state index in [-0.39, 0.29) is 88.8 Å². The number of anilines is 1. The Kier molecular flexibility index (Phi) is 17.9. The van der Waals surface area contributed by atoms with Crippen molar-refractivity contribution in [1.82, 2.24) is 34.4 Å². The molecule has 3 N–H and O–H groups in total. The Morgan fingerprint density at radius 1 is 0.897 bits per heavy atom. The van der Waals surface area contributed by atoms with Gasteiger partial charge in [-0.1, -0.05) is 24.6 Å². The zero-order valence-electron chi connectivity index (χ0n) is 40.7. The number of esters is 1. The Hall–Kier alpha value is -5.92. The minimum Gasteiger partial charge on any atom is -0.456 e. The van der Waals surface area contributed by atoms with Crippen LogP contribution in [0.1, 0.15) is 88.0 Å². The molecule has 370 valence electrons. The van der Waals surface area contributed by atoms with Crippen molar-refractivity contribution in [3.63, 3.8) is 0 Å². The van der Waals surface area contributed by atoms with Gasteiger partial charge in [0, 0.05) is 81.2 Å². The summed E-state index contributed by atoms with van der Waals surface area (Å²) in [5.74, 6) is -3.98. The second kappa shape index (κ2) is 22.9. The maximum absolute atomic E-state index is 15.6. The highest BCUT2D eigenvalue weighted by molar-refractivity contribution is 6.34. The van der Waals surface area contributed by atoms with Crippen molar-refractivity contribution in [1.29, 1.82) is 0 Å². The summed E-state index contributed by atoms with van der Waals surface area (Å²) in [5, 5.41) is 9.91. The van der Waals surface area contributed by atoms with Crippen molar-refractivity contribution in [2.45, 2.75) is 86.0 Å². The number of quaternary nitrogens is 1. The second-order valence-corrected chi connectivity index (χ2v) is 19.2. The lowest BCUT2D eigenvalue weighted by atomic mass is 9.99. The van der Waals surface area contributed by atoms with Crippen LogP contribution in [0.15, 0.2) is 42.7 Å². The highest BCUT2D eigenvalue weighted by Gasteiger charge is 2.31. The summed E-state index contributed by atoms with van der Waals surface area (Å²) in [5.41, 5.74) is 0.262. The predicted molar refractivity (Wildman–Crippen MR) is 252 cm³/mol. The number of aryl methyl sites for hydroxylation is 1. The molecule has 5 rings (SSSR count). The van der Waals surface area contributed by atoms with Crippen LogP contribution in [0.25, 0.3) is 22.4 Å². The van der Waals surface area contributed by atoms with Gasteiger partial charge in [-0.2, -0.15) is 5.10 Å². The molecule has 0 radical (unpaired) electrons. The average Bonchev–Trinajstić information content (AvgIpc) is 3.83. The number of ether oxygens (including phenoxy) is 3. The van der Waals surface area contributed by atoms with Gasteiger partial charge in [0.05, 0.1) is 61.0 Å². The lowest BCUT2D eigenvalue weighted by Gasteiger charge is -2.36. The summed E-state index contributed by atoms with van der Waals surface area (Å²) < 4.78 is 50.1. The number of hydrogen-bond donors (Lipinski definition) is 3. The molecule has 0 aliphatic carbocycles. The molecule has 1 fully saturated rings. The molecular formula is C48H65ClF2N9O8+. The molecule has 4 aromatic rings. The van der Waals surface area contributed by atoms with Crippen LogP contribution in [0.5, 0.6) is 0 Å². The van der Waals surface area contributed by atoms with Crippen LogP contribution in [-0.2, 0) is 37.4 Å². The zero-order chi connectivity index (χ0) is 50.1. The number of hydrogen-bond acceptors (Lipinski definition) is 10. The van der Waals surface area contributed by atoms with E-state index in [1.807, 2.05) is 6.92 Å². The molecule has 2 atom stereocenters.